The van der Waals surface area contributed by atoms with Crippen LogP contribution < -0.4 is 10.6 Å². The molecular weight excluding hydrogens is 218 g/mol. The average Bonchev–Trinajstić information content (AvgIpc) is 2.97. The molecule has 2 unspecified atom stereocenters. The number of carbonyl (C=O) groups excluding carboxylic acids is 1. The third-order valence-corrected chi connectivity index (χ3v) is 3.59. The third kappa shape index (κ3) is 3.33. The fourth-order valence-electron chi connectivity index (χ4n) is 2.57. The van der Waals surface area contributed by atoms with E-state index in [0.29, 0.717) is 12.1 Å². The Labute approximate surface area is 103 Å². The van der Waals surface area contributed by atoms with Crippen LogP contribution in [0.3, 0.4) is 0 Å². The number of amides is 2. The Balaban J connectivity index is 1.67. The van der Waals surface area contributed by atoms with Gasteiger partial charge in [-0.25, -0.2) is 4.79 Å². The summed E-state index contributed by atoms with van der Waals surface area (Å²) < 4.78 is 5.69. The molecule has 5 nitrogen and oxygen atoms in total. The molecule has 2 fully saturated rings. The zero-order valence-electron chi connectivity index (χ0n) is 10.6. The van der Waals surface area contributed by atoms with Crippen molar-refractivity contribution in [3.05, 3.63) is 0 Å². The molecular formula is C12H23N3O2. The van der Waals surface area contributed by atoms with Crippen LogP contribution in [0.2, 0.25) is 0 Å². The first kappa shape index (κ1) is 12.6. The summed E-state index contributed by atoms with van der Waals surface area (Å²) in [5.41, 5.74) is 0. The van der Waals surface area contributed by atoms with Crippen molar-refractivity contribution >= 4 is 6.03 Å². The Morgan fingerprint density at radius 3 is 3.12 bits per heavy atom. The van der Waals surface area contributed by atoms with Crippen LogP contribution in [0.25, 0.3) is 0 Å². The number of ether oxygens (including phenoxy) is 1. The zero-order valence-corrected chi connectivity index (χ0v) is 10.6. The van der Waals surface area contributed by atoms with Gasteiger partial charge in [0.25, 0.3) is 0 Å². The van der Waals surface area contributed by atoms with Crippen molar-refractivity contribution < 1.29 is 9.53 Å². The maximum atomic E-state index is 11.3. The van der Waals surface area contributed by atoms with Gasteiger partial charge in [0.1, 0.15) is 0 Å². The summed E-state index contributed by atoms with van der Waals surface area (Å²) in [6.07, 6.45) is 3.79. The molecule has 0 aromatic heterocycles. The molecule has 0 aromatic carbocycles. The lowest BCUT2D eigenvalue weighted by atomic mass is 10.1. The van der Waals surface area contributed by atoms with Crippen molar-refractivity contribution in [2.45, 2.75) is 38.3 Å². The molecule has 2 rings (SSSR count). The minimum Gasteiger partial charge on any atom is -0.377 e. The summed E-state index contributed by atoms with van der Waals surface area (Å²) in [5.74, 6) is 0. The summed E-state index contributed by atoms with van der Waals surface area (Å²) in [6.45, 7) is 6.33. The zero-order chi connectivity index (χ0) is 12.1. The van der Waals surface area contributed by atoms with Crippen LogP contribution in [0.5, 0.6) is 0 Å². The second kappa shape index (κ2) is 6.21. The lowest BCUT2D eigenvalue weighted by molar-refractivity contribution is 0.0765. The van der Waals surface area contributed by atoms with Gasteiger partial charge in [-0.2, -0.15) is 0 Å². The van der Waals surface area contributed by atoms with E-state index in [1.165, 1.54) is 6.42 Å². The molecule has 0 saturated carbocycles. The molecule has 2 N–H and O–H groups in total. The monoisotopic (exact) mass is 241 g/mol. The van der Waals surface area contributed by atoms with Gasteiger partial charge in [-0.3, -0.25) is 0 Å². The van der Waals surface area contributed by atoms with Crippen LogP contribution in [0, 0.1) is 0 Å². The minimum absolute atomic E-state index is 0.0666. The van der Waals surface area contributed by atoms with Gasteiger partial charge >= 0.3 is 6.03 Å². The van der Waals surface area contributed by atoms with Gasteiger partial charge in [-0.1, -0.05) is 6.92 Å². The summed E-state index contributed by atoms with van der Waals surface area (Å²) in [5, 5.41) is 6.32. The molecule has 2 aliphatic heterocycles. The number of carbonyl (C=O) groups is 1. The maximum Gasteiger partial charge on any atom is 0.317 e. The number of nitrogens with one attached hydrogen (secondary N) is 2. The van der Waals surface area contributed by atoms with E-state index in [2.05, 4.69) is 17.6 Å². The first-order chi connectivity index (χ1) is 8.31. The van der Waals surface area contributed by atoms with E-state index in [1.54, 1.807) is 0 Å². The first-order valence-electron chi connectivity index (χ1n) is 6.69. The van der Waals surface area contributed by atoms with Gasteiger partial charge in [0.2, 0.25) is 0 Å². The van der Waals surface area contributed by atoms with Crippen molar-refractivity contribution in [3.8, 4) is 0 Å². The second-order valence-corrected chi connectivity index (χ2v) is 4.74. The van der Waals surface area contributed by atoms with Crippen LogP contribution in [0.4, 0.5) is 4.79 Å². The van der Waals surface area contributed by atoms with Crippen molar-refractivity contribution in [1.29, 1.82) is 0 Å². The second-order valence-electron chi connectivity index (χ2n) is 4.74. The van der Waals surface area contributed by atoms with E-state index in [-0.39, 0.29) is 6.03 Å². The van der Waals surface area contributed by atoms with E-state index >= 15 is 0 Å². The van der Waals surface area contributed by atoms with Gasteiger partial charge in [0.15, 0.2) is 0 Å². The van der Waals surface area contributed by atoms with Gasteiger partial charge in [0.05, 0.1) is 6.10 Å². The number of hydrogen-bond donors (Lipinski definition) is 2. The molecule has 2 atom stereocenters. The number of rotatable bonds is 6. The largest absolute Gasteiger partial charge is 0.377 e. The molecule has 0 bridgehead atoms. The summed E-state index contributed by atoms with van der Waals surface area (Å²) in [4.78, 5) is 13.2. The van der Waals surface area contributed by atoms with E-state index in [4.69, 9.17) is 4.74 Å². The molecule has 2 amide bonds. The van der Waals surface area contributed by atoms with Crippen LogP contribution >= 0.6 is 0 Å². The van der Waals surface area contributed by atoms with Gasteiger partial charge in [0, 0.05) is 38.8 Å². The molecule has 2 heterocycles. The highest BCUT2D eigenvalue weighted by molar-refractivity contribution is 5.76. The Morgan fingerprint density at radius 1 is 1.65 bits per heavy atom. The maximum absolute atomic E-state index is 11.3. The van der Waals surface area contributed by atoms with Crippen molar-refractivity contribution in [3.63, 3.8) is 0 Å². The standard InChI is InChI=1S/C12H23N3O2/c1-2-10(11-4-3-9-17-11)13-5-7-15-8-6-14-12(15)16/h10-11,13H,2-9H2,1H3,(H,14,16). The fraction of sp³-hybridized carbons (Fsp3) is 0.917. The number of urea groups is 1. The Kier molecular flexibility index (Phi) is 4.62. The quantitative estimate of drug-likeness (QED) is 0.714. The molecule has 0 radical (unpaired) electrons. The van der Waals surface area contributed by atoms with Crippen molar-refractivity contribution in [1.82, 2.24) is 15.5 Å². The highest BCUT2D eigenvalue weighted by Crippen LogP contribution is 2.17. The lowest BCUT2D eigenvalue weighted by Crippen LogP contribution is -2.43. The van der Waals surface area contributed by atoms with Gasteiger partial charge in [-0.05, 0) is 19.3 Å². The number of hydrogen-bond acceptors (Lipinski definition) is 3. The molecule has 0 aromatic rings. The molecule has 0 spiro atoms. The van der Waals surface area contributed by atoms with Gasteiger partial charge < -0.3 is 20.3 Å². The summed E-state index contributed by atoms with van der Waals surface area (Å²) >= 11 is 0. The predicted molar refractivity (Wildman–Crippen MR) is 66.0 cm³/mol. The molecule has 98 valence electrons. The molecule has 17 heavy (non-hydrogen) atoms. The normalized spacial score (nSPS) is 26.3. The topological polar surface area (TPSA) is 53.6 Å². The average molecular weight is 241 g/mol. The first-order valence-corrected chi connectivity index (χ1v) is 6.69. The van der Waals surface area contributed by atoms with Crippen molar-refractivity contribution in [2.24, 2.45) is 0 Å². The third-order valence-electron chi connectivity index (χ3n) is 3.59. The Hall–Kier alpha value is -0.810. The summed E-state index contributed by atoms with van der Waals surface area (Å²) in [6, 6.07) is 0.500. The molecule has 0 aliphatic carbocycles. The molecule has 2 saturated heterocycles. The lowest BCUT2D eigenvalue weighted by Gasteiger charge is -2.24. The van der Waals surface area contributed by atoms with Gasteiger partial charge in [-0.15, -0.1) is 0 Å². The Bertz CT molecular complexity index is 254. The molecule has 2 aliphatic rings. The van der Waals surface area contributed by atoms with E-state index < -0.39 is 0 Å². The van der Waals surface area contributed by atoms with E-state index in [0.717, 1.165) is 45.6 Å². The van der Waals surface area contributed by atoms with Crippen molar-refractivity contribution in [2.75, 3.05) is 32.8 Å². The summed E-state index contributed by atoms with van der Waals surface area (Å²) in [7, 11) is 0. The van der Waals surface area contributed by atoms with Crippen LogP contribution in [-0.2, 0) is 4.74 Å². The van der Waals surface area contributed by atoms with Crippen LogP contribution in [-0.4, -0.2) is 55.9 Å². The molecule has 5 heteroatoms. The van der Waals surface area contributed by atoms with Crippen LogP contribution in [0.15, 0.2) is 0 Å². The smallest absolute Gasteiger partial charge is 0.317 e. The van der Waals surface area contributed by atoms with E-state index in [1.807, 2.05) is 4.90 Å². The highest BCUT2D eigenvalue weighted by atomic mass is 16.5. The fourth-order valence-corrected chi connectivity index (χ4v) is 2.57. The highest BCUT2D eigenvalue weighted by Gasteiger charge is 2.25. The minimum atomic E-state index is 0.0666. The number of nitrogens with zero attached hydrogens (tertiary/aromatic N) is 1. The predicted octanol–water partition coefficient (Wildman–Crippen LogP) is 0.559. The van der Waals surface area contributed by atoms with E-state index in [9.17, 15) is 4.79 Å². The van der Waals surface area contributed by atoms with Crippen LogP contribution in [0.1, 0.15) is 26.2 Å². The Morgan fingerprint density at radius 2 is 2.53 bits per heavy atom. The SMILES string of the molecule is CCC(NCCN1CCNC1=O)C1CCCO1.